The van der Waals surface area contributed by atoms with Crippen molar-refractivity contribution in [2.45, 2.75) is 0 Å². The van der Waals surface area contributed by atoms with Gasteiger partial charge in [0.15, 0.2) is 0 Å². The SMILES string of the molecule is [Cl][Os].[c-]1ccccc1-c1ccccn1. The Kier molecular flexibility index (Phi) is 5.45. The normalized spacial score (nSPS) is 8.71. The molecule has 0 aliphatic heterocycles. The van der Waals surface area contributed by atoms with Crippen LogP contribution in [0.5, 0.6) is 0 Å². The number of aromatic nitrogens is 1. The smallest absolute Gasteiger partial charge is 0.0160 e. The van der Waals surface area contributed by atoms with E-state index in [2.05, 4.69) is 20.7 Å². The van der Waals surface area contributed by atoms with E-state index in [4.69, 9.17) is 0 Å². The van der Waals surface area contributed by atoms with Gasteiger partial charge in [0.1, 0.15) is 0 Å². The minimum atomic E-state index is 0.970. The van der Waals surface area contributed by atoms with Crippen LogP contribution in [0.4, 0.5) is 0 Å². The Morgan fingerprint density at radius 1 is 1.07 bits per heavy atom. The van der Waals surface area contributed by atoms with Crippen molar-refractivity contribution in [1.29, 1.82) is 0 Å². The fourth-order valence-corrected chi connectivity index (χ4v) is 1.07. The molecule has 0 saturated carbocycles. The molecule has 2 aromatic rings. The van der Waals surface area contributed by atoms with Crippen LogP contribution in [0.25, 0.3) is 11.3 Å². The molecule has 0 N–H and O–H groups in total. The van der Waals surface area contributed by atoms with Crippen LogP contribution in [-0.2, 0) is 17.6 Å². The van der Waals surface area contributed by atoms with Crippen molar-refractivity contribution >= 4 is 9.64 Å². The summed E-state index contributed by atoms with van der Waals surface area (Å²) in [6, 6.07) is 16.8. The minimum absolute atomic E-state index is 0.970. The Morgan fingerprint density at radius 2 is 1.86 bits per heavy atom. The zero-order chi connectivity index (χ0) is 10.2. The van der Waals surface area contributed by atoms with Crippen LogP contribution in [0.15, 0.2) is 48.7 Å². The van der Waals surface area contributed by atoms with Crippen molar-refractivity contribution < 1.29 is 17.6 Å². The molecule has 0 saturated heterocycles. The van der Waals surface area contributed by atoms with E-state index >= 15 is 0 Å². The molecular formula is C11H8ClNOs-. The van der Waals surface area contributed by atoms with Gasteiger partial charge in [-0.2, -0.15) is 0 Å². The van der Waals surface area contributed by atoms with Crippen LogP contribution in [0, 0.1) is 6.07 Å². The molecule has 0 amide bonds. The van der Waals surface area contributed by atoms with Gasteiger partial charge in [0.05, 0.1) is 0 Å². The maximum atomic E-state index is 4.67. The third-order valence-electron chi connectivity index (χ3n) is 1.65. The molecule has 0 atom stereocenters. The van der Waals surface area contributed by atoms with Gasteiger partial charge < -0.3 is 4.98 Å². The second kappa shape index (κ2) is 6.71. The van der Waals surface area contributed by atoms with Gasteiger partial charge >= 0.3 is 27.2 Å². The Morgan fingerprint density at radius 3 is 2.43 bits per heavy atom. The first kappa shape index (κ1) is 11.4. The molecule has 0 unspecified atom stereocenters. The summed E-state index contributed by atoms with van der Waals surface area (Å²) in [6.07, 6.45) is 1.79. The molecule has 0 aliphatic rings. The van der Waals surface area contributed by atoms with Crippen LogP contribution >= 0.6 is 9.64 Å². The summed E-state index contributed by atoms with van der Waals surface area (Å²) in [7, 11) is 4.67. The van der Waals surface area contributed by atoms with E-state index in [-0.39, 0.29) is 0 Å². The van der Waals surface area contributed by atoms with E-state index in [1.54, 1.807) is 6.20 Å². The van der Waals surface area contributed by atoms with Crippen molar-refractivity contribution in [3.8, 4) is 11.3 Å². The van der Waals surface area contributed by atoms with E-state index in [1.807, 2.05) is 42.5 Å². The van der Waals surface area contributed by atoms with Crippen LogP contribution < -0.4 is 0 Å². The molecule has 1 aromatic carbocycles. The van der Waals surface area contributed by atoms with E-state index < -0.39 is 0 Å². The van der Waals surface area contributed by atoms with Gasteiger partial charge in [-0.1, -0.05) is 12.1 Å². The molecule has 0 radical (unpaired) electrons. The molecular weight excluding hydrogens is 372 g/mol. The Balaban J connectivity index is 0.000000461. The molecule has 1 heterocycles. The first-order valence-corrected chi connectivity index (χ1v) is 7.13. The van der Waals surface area contributed by atoms with Crippen molar-refractivity contribution in [2.75, 3.05) is 0 Å². The summed E-state index contributed by atoms with van der Waals surface area (Å²) in [5, 5.41) is 0. The second-order valence-corrected chi connectivity index (χ2v) is 2.49. The van der Waals surface area contributed by atoms with Gasteiger partial charge in [0.2, 0.25) is 0 Å². The van der Waals surface area contributed by atoms with Crippen molar-refractivity contribution in [3.05, 3.63) is 54.7 Å². The van der Waals surface area contributed by atoms with E-state index in [0.717, 1.165) is 11.3 Å². The summed E-state index contributed by atoms with van der Waals surface area (Å²) in [5.41, 5.74) is 2.01. The maximum absolute atomic E-state index is 4.67. The maximum Gasteiger partial charge on any atom is 0.0160 e. The minimum Gasteiger partial charge on any atom is -0.305 e. The largest absolute Gasteiger partial charge is 0.305 e. The molecule has 0 spiro atoms. The van der Waals surface area contributed by atoms with E-state index in [1.165, 1.54) is 17.6 Å². The number of benzene rings is 1. The van der Waals surface area contributed by atoms with E-state index in [9.17, 15) is 0 Å². The predicted octanol–water partition coefficient (Wildman–Crippen LogP) is 3.24. The number of nitrogens with zero attached hydrogens (tertiary/aromatic N) is 1. The molecule has 3 heteroatoms. The predicted molar refractivity (Wildman–Crippen MR) is 54.4 cm³/mol. The zero-order valence-corrected chi connectivity index (χ0v) is 10.6. The van der Waals surface area contributed by atoms with Crippen molar-refractivity contribution in [3.63, 3.8) is 0 Å². The number of rotatable bonds is 1. The summed E-state index contributed by atoms with van der Waals surface area (Å²) in [4.78, 5) is 4.22. The third kappa shape index (κ3) is 3.22. The molecule has 2 rings (SSSR count). The molecule has 1 nitrogen and oxygen atoms in total. The standard InChI is InChI=1S/C11H8N.ClH.Os/c1-2-6-10(7-3-1)11-8-4-5-9-12-11;;/h1-6,8-9H;1H;/q-1;;+1/p-1. The number of hydrogen-bond donors (Lipinski definition) is 0. The van der Waals surface area contributed by atoms with Crippen LogP contribution in [-0.4, -0.2) is 4.98 Å². The van der Waals surface area contributed by atoms with Crippen LogP contribution in [0.3, 0.4) is 0 Å². The quantitative estimate of drug-likeness (QED) is 0.693. The molecule has 0 bridgehead atoms. The number of pyridine rings is 1. The monoisotopic (exact) mass is 381 g/mol. The Hall–Kier alpha value is -0.704. The molecule has 14 heavy (non-hydrogen) atoms. The van der Waals surface area contributed by atoms with Gasteiger partial charge in [-0.3, -0.25) is 0 Å². The topological polar surface area (TPSA) is 12.9 Å². The number of halogens is 1. The van der Waals surface area contributed by atoms with Gasteiger partial charge in [-0.05, 0) is 11.8 Å². The van der Waals surface area contributed by atoms with Crippen molar-refractivity contribution in [1.82, 2.24) is 4.98 Å². The average molecular weight is 380 g/mol. The first-order chi connectivity index (χ1) is 6.97. The number of hydrogen-bond acceptors (Lipinski definition) is 1. The molecule has 0 fully saturated rings. The summed E-state index contributed by atoms with van der Waals surface area (Å²) < 4.78 is 0. The molecule has 0 aliphatic carbocycles. The van der Waals surface area contributed by atoms with Gasteiger partial charge in [0, 0.05) is 6.20 Å². The van der Waals surface area contributed by atoms with Crippen LogP contribution in [0.1, 0.15) is 0 Å². The molecule has 1 aromatic heterocycles. The summed E-state index contributed by atoms with van der Waals surface area (Å²) in [6.45, 7) is 0. The summed E-state index contributed by atoms with van der Waals surface area (Å²) >= 11 is 1.33. The fraction of sp³-hybridized carbons (Fsp3) is 0. The molecule has 73 valence electrons. The average Bonchev–Trinajstić information content (AvgIpc) is 2.34. The Bertz CT molecular complexity index is 313. The fourth-order valence-electron chi connectivity index (χ4n) is 1.07. The first-order valence-electron chi connectivity index (χ1n) is 3.98. The zero-order valence-electron chi connectivity index (χ0n) is 7.30. The Labute approximate surface area is 98.1 Å². The van der Waals surface area contributed by atoms with Crippen LogP contribution in [0.2, 0.25) is 0 Å². The van der Waals surface area contributed by atoms with Gasteiger partial charge in [0.25, 0.3) is 0 Å². The van der Waals surface area contributed by atoms with Crippen molar-refractivity contribution in [2.24, 2.45) is 0 Å². The second-order valence-electron chi connectivity index (χ2n) is 2.49. The van der Waals surface area contributed by atoms with E-state index in [0.29, 0.717) is 0 Å². The third-order valence-corrected chi connectivity index (χ3v) is 1.65. The van der Waals surface area contributed by atoms with Gasteiger partial charge in [-0.15, -0.1) is 35.9 Å². The van der Waals surface area contributed by atoms with Gasteiger partial charge in [-0.25, -0.2) is 0 Å². The summed E-state index contributed by atoms with van der Waals surface area (Å²) in [5.74, 6) is 0.